The van der Waals surface area contributed by atoms with Gasteiger partial charge in [-0.3, -0.25) is 14.7 Å². The topological polar surface area (TPSA) is 133 Å². The van der Waals surface area contributed by atoms with Gasteiger partial charge in [0.15, 0.2) is 5.78 Å². The lowest BCUT2D eigenvalue weighted by Gasteiger charge is -2.22. The summed E-state index contributed by atoms with van der Waals surface area (Å²) in [6, 6.07) is 3.92. The van der Waals surface area contributed by atoms with Gasteiger partial charge in [-0.25, -0.2) is 4.79 Å². The highest BCUT2D eigenvalue weighted by Gasteiger charge is 2.32. The van der Waals surface area contributed by atoms with Crippen molar-refractivity contribution in [3.8, 4) is 0 Å². The monoisotopic (exact) mass is 303 g/mol. The molecule has 0 aliphatic carbocycles. The second kappa shape index (κ2) is 6.00. The molecular formula is C10H14N3O6P. The van der Waals surface area contributed by atoms with Gasteiger partial charge >= 0.3 is 13.6 Å². The van der Waals surface area contributed by atoms with Crippen LogP contribution in [0.3, 0.4) is 0 Å². The van der Waals surface area contributed by atoms with Crippen LogP contribution in [0.15, 0.2) is 24.3 Å². The SMILES string of the molecule is CN(C)C(=O)NC(c1ccc([N+](=O)[O-])cc1)P(=O)(O)O. The lowest BCUT2D eigenvalue weighted by molar-refractivity contribution is -0.384. The molecule has 1 atom stereocenters. The van der Waals surface area contributed by atoms with Crippen molar-refractivity contribution in [2.24, 2.45) is 0 Å². The minimum Gasteiger partial charge on any atom is -0.331 e. The first-order chi connectivity index (χ1) is 9.12. The van der Waals surface area contributed by atoms with Gasteiger partial charge in [-0.2, -0.15) is 0 Å². The van der Waals surface area contributed by atoms with E-state index in [-0.39, 0.29) is 11.3 Å². The van der Waals surface area contributed by atoms with E-state index in [4.69, 9.17) is 0 Å². The van der Waals surface area contributed by atoms with Crippen molar-refractivity contribution in [1.29, 1.82) is 0 Å². The fraction of sp³-hybridized carbons (Fsp3) is 0.300. The number of nitrogens with one attached hydrogen (secondary N) is 1. The second-order valence-electron chi connectivity index (χ2n) is 4.18. The van der Waals surface area contributed by atoms with Gasteiger partial charge in [-0.05, 0) is 17.7 Å². The van der Waals surface area contributed by atoms with Gasteiger partial charge in [0.2, 0.25) is 0 Å². The zero-order valence-electron chi connectivity index (χ0n) is 10.8. The minimum atomic E-state index is -4.66. The van der Waals surface area contributed by atoms with Crippen molar-refractivity contribution in [3.05, 3.63) is 39.9 Å². The third kappa shape index (κ3) is 4.02. The maximum atomic E-state index is 11.5. The standard InChI is InChI=1S/C10H14N3O6P/c1-12(2)10(14)11-9(20(17,18)19)7-3-5-8(6-4-7)13(15)16/h3-6,9H,1-2H3,(H,11,14)(H2,17,18,19). The Hall–Kier alpha value is -1.96. The van der Waals surface area contributed by atoms with E-state index in [1.807, 2.05) is 0 Å². The van der Waals surface area contributed by atoms with Crippen LogP contribution in [0.25, 0.3) is 0 Å². The van der Waals surface area contributed by atoms with Crippen molar-refractivity contribution < 1.29 is 24.1 Å². The highest BCUT2D eigenvalue weighted by atomic mass is 31.2. The molecule has 20 heavy (non-hydrogen) atoms. The van der Waals surface area contributed by atoms with E-state index >= 15 is 0 Å². The fourth-order valence-electron chi connectivity index (χ4n) is 1.39. The molecule has 0 saturated heterocycles. The summed E-state index contributed by atoms with van der Waals surface area (Å²) in [5.74, 6) is -1.56. The Morgan fingerprint density at radius 1 is 1.35 bits per heavy atom. The quantitative estimate of drug-likeness (QED) is 0.432. The van der Waals surface area contributed by atoms with Crippen molar-refractivity contribution in [2.75, 3.05) is 14.1 Å². The number of carbonyl (C=O) groups excluding carboxylic acids is 1. The van der Waals surface area contributed by atoms with Crippen LogP contribution in [0.1, 0.15) is 11.3 Å². The molecule has 110 valence electrons. The summed E-state index contributed by atoms with van der Waals surface area (Å²) >= 11 is 0. The summed E-state index contributed by atoms with van der Waals surface area (Å²) < 4.78 is 11.4. The molecule has 2 amide bonds. The Labute approximate surface area is 114 Å². The van der Waals surface area contributed by atoms with Crippen LogP contribution in [0, 0.1) is 10.1 Å². The number of nitro groups is 1. The fourth-order valence-corrected chi connectivity index (χ4v) is 2.23. The zero-order valence-corrected chi connectivity index (χ0v) is 11.7. The molecule has 0 spiro atoms. The molecule has 0 fully saturated rings. The number of non-ortho nitro benzene ring substituents is 1. The largest absolute Gasteiger partial charge is 0.352 e. The normalized spacial score (nSPS) is 12.6. The molecule has 1 aromatic rings. The van der Waals surface area contributed by atoms with Gasteiger partial charge in [0.05, 0.1) is 4.92 Å². The molecule has 1 unspecified atom stereocenters. The van der Waals surface area contributed by atoms with E-state index in [9.17, 15) is 29.3 Å². The molecular weight excluding hydrogens is 289 g/mol. The number of rotatable bonds is 4. The number of nitro benzene ring substituents is 1. The van der Waals surface area contributed by atoms with Crippen LogP contribution in [0.2, 0.25) is 0 Å². The summed E-state index contributed by atoms with van der Waals surface area (Å²) in [4.78, 5) is 41.1. The van der Waals surface area contributed by atoms with Crippen LogP contribution in [-0.2, 0) is 4.57 Å². The van der Waals surface area contributed by atoms with Gasteiger partial charge in [0.1, 0.15) is 0 Å². The Kier molecular flexibility index (Phi) is 4.83. The Bertz CT molecular complexity index is 553. The van der Waals surface area contributed by atoms with E-state index in [2.05, 4.69) is 5.32 Å². The van der Waals surface area contributed by atoms with Gasteiger partial charge in [0, 0.05) is 26.2 Å². The maximum Gasteiger partial charge on any atom is 0.352 e. The molecule has 9 nitrogen and oxygen atoms in total. The van der Waals surface area contributed by atoms with Crippen molar-refractivity contribution in [2.45, 2.75) is 5.78 Å². The average Bonchev–Trinajstić information content (AvgIpc) is 2.34. The van der Waals surface area contributed by atoms with Gasteiger partial charge < -0.3 is 20.0 Å². The van der Waals surface area contributed by atoms with Crippen LogP contribution >= 0.6 is 7.60 Å². The highest BCUT2D eigenvalue weighted by Crippen LogP contribution is 2.50. The summed E-state index contributed by atoms with van der Waals surface area (Å²) in [5, 5.41) is 12.7. The number of benzene rings is 1. The molecule has 0 saturated carbocycles. The second-order valence-corrected chi connectivity index (χ2v) is 5.88. The molecule has 3 N–H and O–H groups in total. The predicted molar refractivity (Wildman–Crippen MR) is 70.1 cm³/mol. The number of hydrogen-bond donors (Lipinski definition) is 3. The Balaban J connectivity index is 3.09. The molecule has 0 bridgehead atoms. The predicted octanol–water partition coefficient (Wildman–Crippen LogP) is 1.04. The van der Waals surface area contributed by atoms with E-state index < -0.39 is 24.3 Å². The molecule has 10 heteroatoms. The maximum absolute atomic E-state index is 11.5. The van der Waals surface area contributed by atoms with Crippen LogP contribution in [-0.4, -0.2) is 39.7 Å². The zero-order chi connectivity index (χ0) is 15.5. The number of urea groups is 1. The average molecular weight is 303 g/mol. The first-order valence-electron chi connectivity index (χ1n) is 5.40. The molecule has 0 heterocycles. The molecule has 1 rings (SSSR count). The van der Waals surface area contributed by atoms with Crippen LogP contribution in [0.5, 0.6) is 0 Å². The molecule has 0 aliphatic heterocycles. The third-order valence-corrected chi connectivity index (χ3v) is 3.52. The first-order valence-corrected chi connectivity index (χ1v) is 7.08. The lowest BCUT2D eigenvalue weighted by atomic mass is 10.2. The van der Waals surface area contributed by atoms with Crippen molar-refractivity contribution >= 4 is 19.3 Å². The lowest BCUT2D eigenvalue weighted by Crippen LogP contribution is -2.37. The smallest absolute Gasteiger partial charge is 0.331 e. The molecule has 0 aliphatic rings. The van der Waals surface area contributed by atoms with E-state index in [1.165, 1.54) is 26.2 Å². The van der Waals surface area contributed by atoms with Gasteiger partial charge in [-0.1, -0.05) is 0 Å². The summed E-state index contributed by atoms with van der Waals surface area (Å²) in [5.41, 5.74) is -0.128. The van der Waals surface area contributed by atoms with Gasteiger partial charge in [0.25, 0.3) is 5.69 Å². The number of nitrogens with zero attached hydrogens (tertiary/aromatic N) is 2. The molecule has 0 aromatic heterocycles. The van der Waals surface area contributed by atoms with E-state index in [0.717, 1.165) is 17.0 Å². The minimum absolute atomic E-state index is 0.0825. The van der Waals surface area contributed by atoms with Crippen molar-refractivity contribution in [1.82, 2.24) is 10.2 Å². The number of amides is 2. The number of hydrogen-bond acceptors (Lipinski definition) is 4. The first kappa shape index (κ1) is 16.1. The van der Waals surface area contributed by atoms with Crippen LogP contribution < -0.4 is 5.32 Å². The summed E-state index contributed by atoms with van der Waals surface area (Å²) in [6.07, 6.45) is 0. The third-order valence-electron chi connectivity index (χ3n) is 2.42. The summed E-state index contributed by atoms with van der Waals surface area (Å²) in [7, 11) is -1.82. The van der Waals surface area contributed by atoms with Crippen LogP contribution in [0.4, 0.5) is 10.5 Å². The number of carbonyl (C=O) groups is 1. The summed E-state index contributed by atoms with van der Waals surface area (Å²) in [6.45, 7) is 0. The highest BCUT2D eigenvalue weighted by molar-refractivity contribution is 7.52. The van der Waals surface area contributed by atoms with E-state index in [0.29, 0.717) is 0 Å². The molecule has 1 aromatic carbocycles. The Morgan fingerprint density at radius 3 is 2.20 bits per heavy atom. The Morgan fingerprint density at radius 2 is 1.85 bits per heavy atom. The molecule has 0 radical (unpaired) electrons. The van der Waals surface area contributed by atoms with Gasteiger partial charge in [-0.15, -0.1) is 0 Å². The van der Waals surface area contributed by atoms with Crippen molar-refractivity contribution in [3.63, 3.8) is 0 Å². The van der Waals surface area contributed by atoms with E-state index in [1.54, 1.807) is 0 Å².